The van der Waals surface area contributed by atoms with Gasteiger partial charge in [0.1, 0.15) is 5.82 Å². The van der Waals surface area contributed by atoms with Gasteiger partial charge in [-0.3, -0.25) is 4.79 Å². The van der Waals surface area contributed by atoms with Gasteiger partial charge in [-0.15, -0.1) is 0 Å². The Morgan fingerprint density at radius 3 is 2.11 bits per heavy atom. The van der Waals surface area contributed by atoms with Crippen molar-refractivity contribution in [3.05, 3.63) is 83.6 Å². The van der Waals surface area contributed by atoms with E-state index >= 15 is 0 Å². The maximum Gasteiger partial charge on any atom is 0.416 e. The Kier molecular flexibility index (Phi) is 9.09. The van der Waals surface area contributed by atoms with Crippen molar-refractivity contribution in [2.75, 3.05) is 18.9 Å². The summed E-state index contributed by atoms with van der Waals surface area (Å²) in [5.41, 5.74) is 2.99. The Hall–Kier alpha value is -3.39. The monoisotopic (exact) mass is 499 g/mol. The summed E-state index contributed by atoms with van der Waals surface area (Å²) in [4.78, 5) is 17.2. The van der Waals surface area contributed by atoms with E-state index in [1.165, 1.54) is 12.1 Å². The summed E-state index contributed by atoms with van der Waals surface area (Å²) in [6.45, 7) is 5.37. The number of aliphatic carboxylic acids is 1. The number of alkyl halides is 3. The second-order valence-corrected chi connectivity index (χ2v) is 9.46. The summed E-state index contributed by atoms with van der Waals surface area (Å²) in [6.07, 6.45) is -1.58. The topological polar surface area (TPSA) is 65.5 Å². The van der Waals surface area contributed by atoms with Crippen molar-refractivity contribution in [3.8, 4) is 11.1 Å². The minimum atomic E-state index is -4.35. The molecule has 8 heteroatoms. The normalized spacial score (nSPS) is 12.7. The van der Waals surface area contributed by atoms with Crippen LogP contribution in [-0.2, 0) is 17.5 Å². The molecule has 1 aromatic heterocycles. The molecule has 2 N–H and O–H groups in total. The minimum absolute atomic E-state index is 0.0169. The molecule has 1 heterocycles. The summed E-state index contributed by atoms with van der Waals surface area (Å²) < 4.78 is 38.5. The number of halogens is 3. The number of hydrogen-bond acceptors (Lipinski definition) is 4. The van der Waals surface area contributed by atoms with Crippen LogP contribution in [0.5, 0.6) is 0 Å². The molecule has 1 unspecified atom stereocenters. The number of carbonyl (C=O) groups is 1. The predicted molar refractivity (Wildman–Crippen MR) is 136 cm³/mol. The van der Waals surface area contributed by atoms with Crippen molar-refractivity contribution in [2.45, 2.75) is 45.5 Å². The zero-order valence-electron chi connectivity index (χ0n) is 20.7. The molecular weight excluding hydrogens is 467 g/mol. The number of aromatic nitrogens is 1. The highest BCUT2D eigenvalue weighted by Crippen LogP contribution is 2.32. The van der Waals surface area contributed by atoms with Gasteiger partial charge in [-0.05, 0) is 59.8 Å². The molecule has 0 bridgehead atoms. The van der Waals surface area contributed by atoms with Crippen LogP contribution in [0.15, 0.2) is 66.9 Å². The van der Waals surface area contributed by atoms with E-state index in [9.17, 15) is 18.0 Å². The van der Waals surface area contributed by atoms with E-state index in [0.717, 1.165) is 46.6 Å². The maximum atomic E-state index is 12.8. The number of benzene rings is 2. The number of carboxylic acid groups (broad SMARTS) is 1. The molecule has 0 aliphatic heterocycles. The molecule has 0 fully saturated rings. The van der Waals surface area contributed by atoms with E-state index in [1.807, 2.05) is 48.3 Å². The van der Waals surface area contributed by atoms with Crippen LogP contribution in [0.2, 0.25) is 0 Å². The van der Waals surface area contributed by atoms with Crippen molar-refractivity contribution < 1.29 is 23.1 Å². The van der Waals surface area contributed by atoms with Crippen LogP contribution in [0.25, 0.3) is 11.1 Å². The first-order valence-electron chi connectivity index (χ1n) is 11.9. The molecule has 0 saturated carbocycles. The molecule has 0 saturated heterocycles. The standard InChI is InChI=1S/C28H32F3N3O2/c1-19(2)16-25(33-26-13-4-20(17-32-26)18-34(3)15-14-27(35)36)23-7-5-21(6-8-23)22-9-11-24(12-10-22)28(29,30)31/h4-13,17,19,25H,14-16,18H2,1-3H3,(H,32,33)(H,35,36). The van der Waals surface area contributed by atoms with Gasteiger partial charge in [0, 0.05) is 19.3 Å². The molecule has 3 rings (SSSR count). The molecule has 1 atom stereocenters. The number of nitrogens with zero attached hydrogens (tertiary/aromatic N) is 2. The number of anilines is 1. The number of carboxylic acids is 1. The van der Waals surface area contributed by atoms with E-state index in [-0.39, 0.29) is 12.5 Å². The van der Waals surface area contributed by atoms with Gasteiger partial charge in [-0.25, -0.2) is 4.98 Å². The Morgan fingerprint density at radius 1 is 1.00 bits per heavy atom. The lowest BCUT2D eigenvalue weighted by Crippen LogP contribution is -2.21. The highest BCUT2D eigenvalue weighted by atomic mass is 19.4. The molecule has 192 valence electrons. The molecule has 0 aliphatic rings. The third-order valence-electron chi connectivity index (χ3n) is 5.87. The molecular formula is C28H32F3N3O2. The number of hydrogen-bond donors (Lipinski definition) is 2. The minimum Gasteiger partial charge on any atom is -0.481 e. The number of nitrogens with one attached hydrogen (secondary N) is 1. The Labute approximate surface area is 210 Å². The Morgan fingerprint density at radius 2 is 1.61 bits per heavy atom. The highest BCUT2D eigenvalue weighted by molar-refractivity contribution is 5.67. The third kappa shape index (κ3) is 8.09. The van der Waals surface area contributed by atoms with Crippen LogP contribution < -0.4 is 5.32 Å². The third-order valence-corrected chi connectivity index (χ3v) is 5.87. The van der Waals surface area contributed by atoms with Gasteiger partial charge in [0.15, 0.2) is 0 Å². The SMILES string of the molecule is CC(C)CC(Nc1ccc(CN(C)CCC(=O)O)cn1)c1ccc(-c2ccc(C(F)(F)F)cc2)cc1. The van der Waals surface area contributed by atoms with E-state index in [0.29, 0.717) is 19.0 Å². The second kappa shape index (κ2) is 12.0. The molecule has 2 aromatic carbocycles. The van der Waals surface area contributed by atoms with Gasteiger partial charge >= 0.3 is 12.1 Å². The Balaban J connectivity index is 1.69. The van der Waals surface area contributed by atoms with Crippen LogP contribution in [0, 0.1) is 5.92 Å². The summed E-state index contributed by atoms with van der Waals surface area (Å²) in [7, 11) is 1.88. The average molecular weight is 500 g/mol. The largest absolute Gasteiger partial charge is 0.481 e. The van der Waals surface area contributed by atoms with E-state index < -0.39 is 17.7 Å². The molecule has 0 aliphatic carbocycles. The van der Waals surface area contributed by atoms with Crippen LogP contribution in [0.3, 0.4) is 0 Å². The quantitative estimate of drug-likeness (QED) is 0.301. The predicted octanol–water partition coefficient (Wildman–Crippen LogP) is 6.87. The second-order valence-electron chi connectivity index (χ2n) is 9.46. The number of pyridine rings is 1. The fourth-order valence-electron chi connectivity index (χ4n) is 3.97. The van der Waals surface area contributed by atoms with Crippen molar-refractivity contribution in [3.63, 3.8) is 0 Å². The van der Waals surface area contributed by atoms with Gasteiger partial charge in [-0.2, -0.15) is 13.2 Å². The summed E-state index contributed by atoms with van der Waals surface area (Å²) in [5.74, 6) is 0.353. The highest BCUT2D eigenvalue weighted by Gasteiger charge is 2.30. The molecule has 36 heavy (non-hydrogen) atoms. The van der Waals surface area contributed by atoms with Crippen LogP contribution in [-0.4, -0.2) is 34.6 Å². The molecule has 0 amide bonds. The first kappa shape index (κ1) is 27.2. The molecule has 5 nitrogen and oxygen atoms in total. The van der Waals surface area contributed by atoms with E-state index in [4.69, 9.17) is 5.11 Å². The van der Waals surface area contributed by atoms with Gasteiger partial charge in [0.25, 0.3) is 0 Å². The molecule has 3 aromatic rings. The van der Waals surface area contributed by atoms with Crippen LogP contribution >= 0.6 is 0 Å². The van der Waals surface area contributed by atoms with Crippen molar-refractivity contribution >= 4 is 11.8 Å². The smallest absolute Gasteiger partial charge is 0.416 e. The van der Waals surface area contributed by atoms with Crippen LogP contribution in [0.1, 0.15) is 49.4 Å². The average Bonchev–Trinajstić information content (AvgIpc) is 2.83. The maximum absolute atomic E-state index is 12.8. The van der Waals surface area contributed by atoms with E-state index in [2.05, 4.69) is 24.1 Å². The first-order valence-corrected chi connectivity index (χ1v) is 11.9. The first-order chi connectivity index (χ1) is 17.0. The zero-order valence-corrected chi connectivity index (χ0v) is 20.7. The van der Waals surface area contributed by atoms with Gasteiger partial charge in [-0.1, -0.05) is 56.3 Å². The fourth-order valence-corrected chi connectivity index (χ4v) is 3.97. The summed E-state index contributed by atoms with van der Waals surface area (Å²) in [6, 6.07) is 17.0. The zero-order chi connectivity index (χ0) is 26.3. The van der Waals surface area contributed by atoms with Crippen LogP contribution in [0.4, 0.5) is 19.0 Å². The van der Waals surface area contributed by atoms with E-state index in [1.54, 1.807) is 6.20 Å². The lowest BCUT2D eigenvalue weighted by molar-refractivity contribution is -0.138. The Bertz CT molecular complexity index is 1110. The summed E-state index contributed by atoms with van der Waals surface area (Å²) in [5, 5.41) is 12.3. The van der Waals surface area contributed by atoms with Gasteiger partial charge in [0.05, 0.1) is 18.0 Å². The van der Waals surface area contributed by atoms with Crippen molar-refractivity contribution in [1.82, 2.24) is 9.88 Å². The molecule has 0 spiro atoms. The van der Waals surface area contributed by atoms with Crippen molar-refractivity contribution in [1.29, 1.82) is 0 Å². The lowest BCUT2D eigenvalue weighted by atomic mass is 9.95. The van der Waals surface area contributed by atoms with Gasteiger partial charge < -0.3 is 15.3 Å². The van der Waals surface area contributed by atoms with Gasteiger partial charge in [0.2, 0.25) is 0 Å². The molecule has 0 radical (unpaired) electrons. The number of rotatable bonds is 11. The fraction of sp³-hybridized carbons (Fsp3) is 0.357. The lowest BCUT2D eigenvalue weighted by Gasteiger charge is -2.22. The van der Waals surface area contributed by atoms with Crippen molar-refractivity contribution in [2.24, 2.45) is 5.92 Å². The summed E-state index contributed by atoms with van der Waals surface area (Å²) >= 11 is 0.